The molecule has 0 saturated carbocycles. The Morgan fingerprint density at radius 3 is 2.43 bits per heavy atom. The summed E-state index contributed by atoms with van der Waals surface area (Å²) in [6.07, 6.45) is -0.356. The second-order valence-corrected chi connectivity index (χ2v) is 6.66. The highest BCUT2D eigenvalue weighted by atomic mass is 16.5. The third kappa shape index (κ3) is 2.95. The topological polar surface area (TPSA) is 50.8 Å². The molecule has 5 nitrogen and oxygen atoms in total. The fraction of sp³-hybridized carbons (Fsp3) is 0.174. The molecule has 1 aliphatic heterocycles. The van der Waals surface area contributed by atoms with E-state index in [1.165, 1.54) is 0 Å². The van der Waals surface area contributed by atoms with Gasteiger partial charge < -0.3 is 14.8 Å². The zero-order valence-corrected chi connectivity index (χ0v) is 16.1. The molecular formula is C23H22N2O3. The van der Waals surface area contributed by atoms with Gasteiger partial charge in [-0.1, -0.05) is 36.4 Å². The van der Waals surface area contributed by atoms with E-state index >= 15 is 0 Å². The van der Waals surface area contributed by atoms with Crippen molar-refractivity contribution in [1.82, 2.24) is 0 Å². The van der Waals surface area contributed by atoms with Gasteiger partial charge in [-0.2, -0.15) is 0 Å². The van der Waals surface area contributed by atoms with Crippen LogP contribution in [0.1, 0.15) is 27.7 Å². The van der Waals surface area contributed by atoms with Crippen LogP contribution in [0.3, 0.4) is 0 Å². The van der Waals surface area contributed by atoms with Crippen molar-refractivity contribution in [2.75, 3.05) is 24.4 Å². The SMILES string of the molecule is COc1ccc(OC)c(NC2c3ccccc3C(=O)N2c2ccccc2C)c1. The van der Waals surface area contributed by atoms with Crippen LogP contribution < -0.4 is 19.7 Å². The number of aryl methyl sites for hydroxylation is 1. The summed E-state index contributed by atoms with van der Waals surface area (Å²) in [6.45, 7) is 2.01. The number of amides is 1. The number of anilines is 2. The van der Waals surface area contributed by atoms with Crippen molar-refractivity contribution in [2.24, 2.45) is 0 Å². The first-order valence-electron chi connectivity index (χ1n) is 9.10. The Labute approximate surface area is 164 Å². The number of nitrogens with one attached hydrogen (secondary N) is 1. The van der Waals surface area contributed by atoms with Gasteiger partial charge in [0.15, 0.2) is 0 Å². The van der Waals surface area contributed by atoms with Crippen molar-refractivity contribution in [3.05, 3.63) is 83.4 Å². The van der Waals surface area contributed by atoms with E-state index in [1.807, 2.05) is 73.7 Å². The predicted molar refractivity (Wildman–Crippen MR) is 110 cm³/mol. The molecule has 1 aliphatic rings. The second-order valence-electron chi connectivity index (χ2n) is 6.66. The molecule has 3 aromatic rings. The number of benzene rings is 3. The molecule has 4 rings (SSSR count). The maximum Gasteiger partial charge on any atom is 0.260 e. The highest BCUT2D eigenvalue weighted by Crippen LogP contribution is 2.41. The van der Waals surface area contributed by atoms with E-state index < -0.39 is 0 Å². The van der Waals surface area contributed by atoms with Crippen molar-refractivity contribution in [1.29, 1.82) is 0 Å². The summed E-state index contributed by atoms with van der Waals surface area (Å²) in [5.74, 6) is 1.37. The van der Waals surface area contributed by atoms with E-state index in [4.69, 9.17) is 9.47 Å². The molecule has 0 saturated heterocycles. The number of methoxy groups -OCH3 is 2. The molecule has 0 fully saturated rings. The van der Waals surface area contributed by atoms with Gasteiger partial charge in [-0.3, -0.25) is 9.69 Å². The van der Waals surface area contributed by atoms with Gasteiger partial charge in [0.1, 0.15) is 17.7 Å². The monoisotopic (exact) mass is 374 g/mol. The molecule has 0 aromatic heterocycles. The molecule has 142 valence electrons. The molecule has 1 heterocycles. The quantitative estimate of drug-likeness (QED) is 0.698. The van der Waals surface area contributed by atoms with Crippen LogP contribution in [0.5, 0.6) is 11.5 Å². The third-order valence-electron chi connectivity index (χ3n) is 5.04. The number of hydrogen-bond acceptors (Lipinski definition) is 4. The van der Waals surface area contributed by atoms with Crippen LogP contribution in [-0.2, 0) is 0 Å². The van der Waals surface area contributed by atoms with Crippen LogP contribution in [0.2, 0.25) is 0 Å². The van der Waals surface area contributed by atoms with Crippen molar-refractivity contribution >= 4 is 17.3 Å². The van der Waals surface area contributed by atoms with E-state index in [1.54, 1.807) is 19.1 Å². The summed E-state index contributed by atoms with van der Waals surface area (Å²) >= 11 is 0. The fourth-order valence-corrected chi connectivity index (χ4v) is 3.61. The zero-order valence-electron chi connectivity index (χ0n) is 16.1. The van der Waals surface area contributed by atoms with E-state index in [9.17, 15) is 4.79 Å². The van der Waals surface area contributed by atoms with Gasteiger partial charge >= 0.3 is 0 Å². The van der Waals surface area contributed by atoms with Crippen molar-refractivity contribution in [3.8, 4) is 11.5 Å². The van der Waals surface area contributed by atoms with Crippen molar-refractivity contribution in [3.63, 3.8) is 0 Å². The Morgan fingerprint density at radius 1 is 0.929 bits per heavy atom. The number of fused-ring (bicyclic) bond motifs is 1. The molecule has 0 bridgehead atoms. The first kappa shape index (κ1) is 17.9. The average Bonchev–Trinajstić information content (AvgIpc) is 3.00. The van der Waals surface area contributed by atoms with Crippen LogP contribution in [-0.4, -0.2) is 20.1 Å². The third-order valence-corrected chi connectivity index (χ3v) is 5.04. The van der Waals surface area contributed by atoms with Gasteiger partial charge in [0.25, 0.3) is 5.91 Å². The lowest BCUT2D eigenvalue weighted by Crippen LogP contribution is -2.32. The van der Waals surface area contributed by atoms with Crippen LogP contribution in [0.15, 0.2) is 66.7 Å². The van der Waals surface area contributed by atoms with Crippen molar-refractivity contribution < 1.29 is 14.3 Å². The van der Waals surface area contributed by atoms with E-state index in [2.05, 4.69) is 5.32 Å². The molecule has 1 unspecified atom stereocenters. The van der Waals surface area contributed by atoms with Gasteiger partial charge in [-0.15, -0.1) is 0 Å². The standard InChI is InChI=1S/C23H22N2O3/c1-15-8-4-7-11-20(15)25-22(17-9-5-6-10-18(17)23(25)26)24-19-14-16(27-2)12-13-21(19)28-3/h4-14,22,24H,1-3H3. The average molecular weight is 374 g/mol. The zero-order chi connectivity index (χ0) is 19.7. The molecular weight excluding hydrogens is 352 g/mol. The minimum atomic E-state index is -0.356. The maximum atomic E-state index is 13.3. The summed E-state index contributed by atoms with van der Waals surface area (Å²) in [5.41, 5.74) is 4.30. The Bertz CT molecular complexity index is 1030. The Morgan fingerprint density at radius 2 is 1.68 bits per heavy atom. The Kier molecular flexibility index (Phi) is 4.65. The number of hydrogen-bond donors (Lipinski definition) is 1. The highest BCUT2D eigenvalue weighted by Gasteiger charge is 2.38. The largest absolute Gasteiger partial charge is 0.497 e. The molecule has 0 aliphatic carbocycles. The predicted octanol–water partition coefficient (Wildman–Crippen LogP) is 4.78. The van der Waals surface area contributed by atoms with Crippen LogP contribution in [0, 0.1) is 6.92 Å². The van der Waals surface area contributed by atoms with Crippen LogP contribution >= 0.6 is 0 Å². The van der Waals surface area contributed by atoms with E-state index in [-0.39, 0.29) is 12.1 Å². The molecule has 1 N–H and O–H groups in total. The molecule has 28 heavy (non-hydrogen) atoms. The number of ether oxygens (including phenoxy) is 2. The summed E-state index contributed by atoms with van der Waals surface area (Å²) in [4.78, 5) is 15.1. The van der Waals surface area contributed by atoms with Gasteiger partial charge in [-0.05, 0) is 36.8 Å². The number of carbonyl (C=O) groups is 1. The molecule has 5 heteroatoms. The molecule has 0 spiro atoms. The van der Waals surface area contributed by atoms with Crippen molar-refractivity contribution in [2.45, 2.75) is 13.1 Å². The minimum Gasteiger partial charge on any atom is -0.497 e. The Balaban J connectivity index is 1.83. The summed E-state index contributed by atoms with van der Waals surface area (Å²) < 4.78 is 10.9. The fourth-order valence-electron chi connectivity index (χ4n) is 3.61. The van der Waals surface area contributed by atoms with Gasteiger partial charge in [0.2, 0.25) is 0 Å². The maximum absolute atomic E-state index is 13.3. The van der Waals surface area contributed by atoms with Crippen LogP contribution in [0.25, 0.3) is 0 Å². The number of para-hydroxylation sites is 1. The molecule has 0 radical (unpaired) electrons. The number of nitrogens with zero attached hydrogens (tertiary/aromatic N) is 1. The van der Waals surface area contributed by atoms with Crippen LogP contribution in [0.4, 0.5) is 11.4 Å². The number of rotatable bonds is 5. The molecule has 1 atom stereocenters. The smallest absolute Gasteiger partial charge is 0.260 e. The lowest BCUT2D eigenvalue weighted by Gasteiger charge is -2.29. The summed E-state index contributed by atoms with van der Waals surface area (Å²) in [6, 6.07) is 21.2. The highest BCUT2D eigenvalue weighted by molar-refractivity contribution is 6.11. The normalized spacial score (nSPS) is 15.3. The first-order valence-corrected chi connectivity index (χ1v) is 9.10. The van der Waals surface area contributed by atoms with Gasteiger partial charge in [-0.25, -0.2) is 0 Å². The number of carbonyl (C=O) groups excluding carboxylic acids is 1. The summed E-state index contributed by atoms with van der Waals surface area (Å²) in [7, 11) is 3.25. The minimum absolute atomic E-state index is 0.0238. The van der Waals surface area contributed by atoms with Gasteiger partial charge in [0, 0.05) is 22.9 Å². The van der Waals surface area contributed by atoms with E-state index in [0.29, 0.717) is 17.1 Å². The first-order chi connectivity index (χ1) is 13.6. The lowest BCUT2D eigenvalue weighted by molar-refractivity contribution is 0.0992. The lowest BCUT2D eigenvalue weighted by atomic mass is 10.1. The Hall–Kier alpha value is -3.47. The molecule has 1 amide bonds. The summed E-state index contributed by atoms with van der Waals surface area (Å²) in [5, 5.41) is 3.50. The second kappa shape index (κ2) is 7.27. The van der Waals surface area contributed by atoms with Gasteiger partial charge in [0.05, 0.1) is 19.9 Å². The van der Waals surface area contributed by atoms with E-state index in [0.717, 1.165) is 22.5 Å². The molecule has 3 aromatic carbocycles.